The second-order valence-corrected chi connectivity index (χ2v) is 10.2. The second kappa shape index (κ2) is 12.5. The normalized spacial score (nSPS) is 16.0. The van der Waals surface area contributed by atoms with E-state index in [9.17, 15) is 9.59 Å². The molecule has 0 unspecified atom stereocenters. The van der Waals surface area contributed by atoms with Gasteiger partial charge in [0.25, 0.3) is 0 Å². The highest BCUT2D eigenvalue weighted by atomic mass is 16.5. The minimum Gasteiger partial charge on any atom is -0.464 e. The number of piperazine rings is 1. The summed E-state index contributed by atoms with van der Waals surface area (Å²) in [5, 5.41) is 6.35. The fourth-order valence-electron chi connectivity index (χ4n) is 5.17. The Kier molecular flexibility index (Phi) is 8.67. The summed E-state index contributed by atoms with van der Waals surface area (Å²) in [7, 11) is 5.05. The molecule has 0 saturated carbocycles. The number of aromatic nitrogens is 3. The Labute approximate surface area is 239 Å². The van der Waals surface area contributed by atoms with E-state index in [0.717, 1.165) is 59.8 Å². The van der Waals surface area contributed by atoms with Crippen molar-refractivity contribution in [3.63, 3.8) is 0 Å². The average molecular weight is 558 g/mol. The number of carbonyl (C=O) groups excluding carboxylic acids is 2. The number of anilines is 3. The van der Waals surface area contributed by atoms with Gasteiger partial charge in [0.05, 0.1) is 31.3 Å². The van der Waals surface area contributed by atoms with E-state index >= 15 is 0 Å². The van der Waals surface area contributed by atoms with Crippen molar-refractivity contribution in [2.45, 2.75) is 19.4 Å². The first-order chi connectivity index (χ1) is 19.9. The van der Waals surface area contributed by atoms with Crippen molar-refractivity contribution in [3.8, 4) is 0 Å². The van der Waals surface area contributed by atoms with Crippen molar-refractivity contribution < 1.29 is 19.1 Å². The molecule has 3 aromatic rings. The summed E-state index contributed by atoms with van der Waals surface area (Å²) in [4.78, 5) is 43.0. The van der Waals surface area contributed by atoms with Crippen LogP contribution in [0.15, 0.2) is 48.8 Å². The zero-order chi connectivity index (χ0) is 28.9. The first-order valence-electron chi connectivity index (χ1n) is 13.6. The first-order valence-corrected chi connectivity index (χ1v) is 13.6. The second-order valence-electron chi connectivity index (χ2n) is 10.2. The third kappa shape index (κ3) is 6.27. The monoisotopic (exact) mass is 557 g/mol. The lowest BCUT2D eigenvalue weighted by molar-refractivity contribution is -0.124. The van der Waals surface area contributed by atoms with Crippen LogP contribution in [0, 0.1) is 6.92 Å². The number of allylic oxidation sites excluding steroid dienone is 1. The van der Waals surface area contributed by atoms with E-state index in [2.05, 4.69) is 49.6 Å². The number of fused-ring (bicyclic) bond motifs is 1. The van der Waals surface area contributed by atoms with Gasteiger partial charge in [0.2, 0.25) is 11.9 Å². The van der Waals surface area contributed by atoms with Crippen LogP contribution < -0.4 is 10.6 Å². The van der Waals surface area contributed by atoms with Gasteiger partial charge in [-0.2, -0.15) is 0 Å². The summed E-state index contributed by atoms with van der Waals surface area (Å²) in [5.74, 6) is -0.150. The highest BCUT2D eigenvalue weighted by Crippen LogP contribution is 2.37. The zero-order valence-electron chi connectivity index (χ0n) is 23.8. The maximum Gasteiger partial charge on any atom is 0.356 e. The third-order valence-corrected chi connectivity index (χ3v) is 7.48. The number of nitrogens with one attached hydrogen (secondary N) is 2. The minimum atomic E-state index is -0.499. The molecule has 1 saturated heterocycles. The van der Waals surface area contributed by atoms with E-state index in [1.165, 1.54) is 13.3 Å². The molecule has 1 atom stereocenters. The molecule has 11 nitrogen and oxygen atoms in total. The van der Waals surface area contributed by atoms with Crippen LogP contribution in [0.2, 0.25) is 0 Å². The van der Waals surface area contributed by atoms with E-state index in [1.807, 2.05) is 19.1 Å². The maximum absolute atomic E-state index is 13.5. The Bertz CT molecular complexity index is 1450. The molecule has 0 spiro atoms. The summed E-state index contributed by atoms with van der Waals surface area (Å²) in [6, 6.07) is 8.91. The number of hydrogen-bond donors (Lipinski definition) is 2. The number of rotatable bonds is 9. The van der Waals surface area contributed by atoms with Gasteiger partial charge in [-0.1, -0.05) is 18.2 Å². The van der Waals surface area contributed by atoms with Gasteiger partial charge >= 0.3 is 5.97 Å². The fraction of sp³-hybridized carbons (Fsp3) is 0.367. The van der Waals surface area contributed by atoms with Gasteiger partial charge in [0.1, 0.15) is 11.7 Å². The number of nitrogens with zero attached hydrogens (tertiary/aromatic N) is 5. The van der Waals surface area contributed by atoms with Crippen LogP contribution in [0.5, 0.6) is 0 Å². The van der Waals surface area contributed by atoms with E-state index in [-0.39, 0.29) is 17.6 Å². The largest absolute Gasteiger partial charge is 0.464 e. The van der Waals surface area contributed by atoms with E-state index < -0.39 is 5.97 Å². The van der Waals surface area contributed by atoms with Gasteiger partial charge in [-0.05, 0) is 55.3 Å². The lowest BCUT2D eigenvalue weighted by atomic mass is 9.99. The van der Waals surface area contributed by atoms with Gasteiger partial charge < -0.3 is 25.0 Å². The molecule has 1 aromatic carbocycles. The molecule has 5 rings (SSSR count). The Balaban J connectivity index is 1.34. The minimum absolute atomic E-state index is 0.0604. The summed E-state index contributed by atoms with van der Waals surface area (Å²) in [5.41, 5.74) is 6.47. The number of likely N-dealkylation sites (N-methyl/N-ethyl adjacent to an activating group) is 1. The number of esters is 1. The van der Waals surface area contributed by atoms with Gasteiger partial charge in [-0.3, -0.25) is 9.69 Å². The summed E-state index contributed by atoms with van der Waals surface area (Å²) in [6.45, 7) is 5.81. The van der Waals surface area contributed by atoms with Crippen molar-refractivity contribution in [1.29, 1.82) is 0 Å². The van der Waals surface area contributed by atoms with E-state index in [4.69, 9.17) is 14.5 Å². The summed E-state index contributed by atoms with van der Waals surface area (Å²) < 4.78 is 10.1. The maximum atomic E-state index is 13.5. The molecule has 11 heteroatoms. The molecule has 1 aliphatic carbocycles. The third-order valence-electron chi connectivity index (χ3n) is 7.48. The quantitative estimate of drug-likeness (QED) is 0.380. The molecule has 41 heavy (non-hydrogen) atoms. The van der Waals surface area contributed by atoms with Crippen LogP contribution in [0.25, 0.3) is 5.57 Å². The van der Waals surface area contributed by atoms with Crippen molar-refractivity contribution in [1.82, 2.24) is 24.8 Å². The number of pyridine rings is 1. The molecular formula is C30H35N7O4. The van der Waals surface area contributed by atoms with E-state index in [0.29, 0.717) is 24.7 Å². The number of ether oxygens (including phenoxy) is 2. The molecule has 1 fully saturated rings. The zero-order valence-corrected chi connectivity index (χ0v) is 23.8. The predicted molar refractivity (Wildman–Crippen MR) is 156 cm³/mol. The average Bonchev–Trinajstić information content (AvgIpc) is 3.42. The molecule has 214 valence electrons. The molecular weight excluding hydrogens is 522 g/mol. The summed E-state index contributed by atoms with van der Waals surface area (Å²) in [6.07, 6.45) is 6.12. The SMILES string of the molecule is COC[C@H](C(=O)Nc1cccc2c1CC=C2c1nc(Nc2ccc(C(=O)OC)nc2)ncc1C)N1CCN(C)CC1. The Morgan fingerprint density at radius 3 is 2.56 bits per heavy atom. The van der Waals surface area contributed by atoms with Crippen LogP contribution in [-0.4, -0.2) is 96.7 Å². The van der Waals surface area contributed by atoms with Crippen molar-refractivity contribution in [2.24, 2.45) is 0 Å². The van der Waals surface area contributed by atoms with Crippen LogP contribution in [0.3, 0.4) is 0 Å². The highest BCUT2D eigenvalue weighted by molar-refractivity contribution is 5.98. The predicted octanol–water partition coefficient (Wildman–Crippen LogP) is 2.90. The number of carbonyl (C=O) groups is 2. The molecule has 3 heterocycles. The van der Waals surface area contributed by atoms with Crippen molar-refractivity contribution in [3.05, 3.63) is 76.9 Å². The Morgan fingerprint density at radius 1 is 1.05 bits per heavy atom. The number of hydrogen-bond acceptors (Lipinski definition) is 10. The summed E-state index contributed by atoms with van der Waals surface area (Å²) >= 11 is 0. The number of aryl methyl sites for hydroxylation is 1. The number of benzene rings is 1. The lowest BCUT2D eigenvalue weighted by Gasteiger charge is -2.36. The van der Waals surface area contributed by atoms with Gasteiger partial charge in [-0.25, -0.2) is 19.7 Å². The van der Waals surface area contributed by atoms with Crippen LogP contribution in [-0.2, 0) is 20.7 Å². The van der Waals surface area contributed by atoms with Crippen molar-refractivity contribution in [2.75, 3.05) is 64.7 Å². The van der Waals surface area contributed by atoms with Gasteiger partial charge in [0.15, 0.2) is 0 Å². The Morgan fingerprint density at radius 2 is 1.85 bits per heavy atom. The fourth-order valence-corrected chi connectivity index (χ4v) is 5.17. The molecule has 1 aliphatic heterocycles. The van der Waals surface area contributed by atoms with Gasteiger partial charge in [-0.15, -0.1) is 0 Å². The standard InChI is InChI=1S/C30H35N7O4/c1-19-16-32-30(33-20-8-11-25(31-17-20)29(39)41-4)35-27(19)23-10-9-22-21(23)6-5-7-24(22)34-28(38)26(18-40-3)37-14-12-36(2)13-15-37/h5-8,10-11,16-17,26H,9,12-15,18H2,1-4H3,(H,34,38)(H,32,33,35)/t26-/m1/s1. The molecule has 1 amide bonds. The Hall–Kier alpha value is -4.19. The van der Waals surface area contributed by atoms with E-state index in [1.54, 1.807) is 25.4 Å². The molecule has 2 N–H and O–H groups in total. The van der Waals surface area contributed by atoms with Crippen LogP contribution in [0.1, 0.15) is 32.9 Å². The van der Waals surface area contributed by atoms with Crippen molar-refractivity contribution >= 4 is 34.8 Å². The number of methoxy groups -OCH3 is 2. The number of amides is 1. The lowest BCUT2D eigenvalue weighted by Crippen LogP contribution is -2.54. The van der Waals surface area contributed by atoms with Gasteiger partial charge in [0, 0.05) is 50.7 Å². The molecule has 0 radical (unpaired) electrons. The molecule has 0 bridgehead atoms. The highest BCUT2D eigenvalue weighted by Gasteiger charge is 2.30. The van der Waals surface area contributed by atoms with Crippen LogP contribution in [0.4, 0.5) is 17.3 Å². The first kappa shape index (κ1) is 28.3. The smallest absolute Gasteiger partial charge is 0.356 e. The van der Waals surface area contributed by atoms with Crippen LogP contribution >= 0.6 is 0 Å². The topological polar surface area (TPSA) is 122 Å². The molecule has 2 aliphatic rings. The molecule has 2 aromatic heterocycles.